The second kappa shape index (κ2) is 5.01. The number of Topliss-reactive ketones (excluding diaryl/α,β-unsaturated/α-hetero) is 1. The molecule has 0 aliphatic carbocycles. The van der Waals surface area contributed by atoms with Crippen LogP contribution in [0, 0.1) is 19.8 Å². The molecule has 0 aliphatic rings. The van der Waals surface area contributed by atoms with Crippen molar-refractivity contribution in [2.45, 2.75) is 40.5 Å². The number of aryl methyl sites for hydroxylation is 2. The van der Waals surface area contributed by atoms with Gasteiger partial charge in [0.2, 0.25) is 0 Å². The first-order chi connectivity index (χ1) is 6.99. The number of nitrogens with zero attached hydrogens (tertiary/aromatic N) is 2. The van der Waals surface area contributed by atoms with Gasteiger partial charge in [-0.15, -0.1) is 0 Å². The molecule has 15 heavy (non-hydrogen) atoms. The monoisotopic (exact) mass is 206 g/mol. The molecule has 1 rings (SSSR count). The topological polar surface area (TPSA) is 42.9 Å². The highest BCUT2D eigenvalue weighted by Gasteiger charge is 2.10. The number of hydrogen-bond donors (Lipinski definition) is 0. The Morgan fingerprint density at radius 2 is 2.07 bits per heavy atom. The maximum atomic E-state index is 11.6. The minimum atomic E-state index is 0.244. The molecular weight excluding hydrogens is 188 g/mol. The summed E-state index contributed by atoms with van der Waals surface area (Å²) in [4.78, 5) is 20.2. The summed E-state index contributed by atoms with van der Waals surface area (Å²) in [6.45, 7) is 7.88. The molecule has 82 valence electrons. The van der Waals surface area contributed by atoms with Crippen molar-refractivity contribution in [1.82, 2.24) is 9.97 Å². The summed E-state index contributed by atoms with van der Waals surface area (Å²) >= 11 is 0. The van der Waals surface area contributed by atoms with Gasteiger partial charge in [-0.3, -0.25) is 14.8 Å². The summed E-state index contributed by atoms with van der Waals surface area (Å²) in [5.74, 6) is 0.656. The average Bonchev–Trinajstić information content (AvgIpc) is 2.10. The molecule has 0 atom stereocenters. The van der Waals surface area contributed by atoms with E-state index >= 15 is 0 Å². The van der Waals surface area contributed by atoms with E-state index in [2.05, 4.69) is 9.97 Å². The lowest BCUT2D eigenvalue weighted by Gasteiger charge is -2.06. The molecule has 0 spiro atoms. The Labute approximate surface area is 91.0 Å². The molecule has 1 aromatic rings. The Kier molecular flexibility index (Phi) is 3.95. The zero-order valence-corrected chi connectivity index (χ0v) is 9.87. The lowest BCUT2D eigenvalue weighted by Crippen LogP contribution is -2.10. The summed E-state index contributed by atoms with van der Waals surface area (Å²) in [6.07, 6.45) is 2.76. The maximum absolute atomic E-state index is 11.6. The Morgan fingerprint density at radius 1 is 1.40 bits per heavy atom. The van der Waals surface area contributed by atoms with Crippen molar-refractivity contribution in [1.29, 1.82) is 0 Å². The van der Waals surface area contributed by atoms with Gasteiger partial charge in [0.15, 0.2) is 0 Å². The van der Waals surface area contributed by atoms with Gasteiger partial charge in [0.25, 0.3) is 0 Å². The molecule has 0 bridgehead atoms. The predicted octanol–water partition coefficient (Wildman–Crippen LogP) is 2.25. The van der Waals surface area contributed by atoms with E-state index in [-0.39, 0.29) is 5.78 Å². The van der Waals surface area contributed by atoms with Gasteiger partial charge in [0.05, 0.1) is 23.5 Å². The van der Waals surface area contributed by atoms with Crippen LogP contribution < -0.4 is 0 Å². The lowest BCUT2D eigenvalue weighted by molar-refractivity contribution is -0.119. The highest BCUT2D eigenvalue weighted by atomic mass is 16.1. The summed E-state index contributed by atoms with van der Waals surface area (Å²) in [7, 11) is 0. The van der Waals surface area contributed by atoms with Crippen LogP contribution in [-0.4, -0.2) is 15.8 Å². The molecule has 0 unspecified atom stereocenters. The number of carbonyl (C=O) groups is 1. The second-order valence-corrected chi connectivity index (χ2v) is 4.36. The van der Waals surface area contributed by atoms with Crippen LogP contribution in [0.15, 0.2) is 6.20 Å². The van der Waals surface area contributed by atoms with Gasteiger partial charge in [-0.2, -0.15) is 0 Å². The maximum Gasteiger partial charge on any atom is 0.139 e. The average molecular weight is 206 g/mol. The molecule has 0 amide bonds. The fourth-order valence-electron chi connectivity index (χ4n) is 1.47. The third-order valence-corrected chi connectivity index (χ3v) is 2.17. The van der Waals surface area contributed by atoms with E-state index in [9.17, 15) is 4.79 Å². The van der Waals surface area contributed by atoms with Gasteiger partial charge >= 0.3 is 0 Å². The third kappa shape index (κ3) is 3.78. The summed E-state index contributed by atoms with van der Waals surface area (Å²) in [6, 6.07) is 0. The van der Waals surface area contributed by atoms with E-state index in [0.717, 1.165) is 17.1 Å². The summed E-state index contributed by atoms with van der Waals surface area (Å²) in [5, 5.41) is 0. The Morgan fingerprint density at radius 3 is 2.67 bits per heavy atom. The number of carbonyl (C=O) groups excluding carboxylic acids is 1. The number of ketones is 1. The highest BCUT2D eigenvalue weighted by molar-refractivity contribution is 5.80. The highest BCUT2D eigenvalue weighted by Crippen LogP contribution is 2.08. The Hall–Kier alpha value is -1.25. The van der Waals surface area contributed by atoms with Gasteiger partial charge in [0.1, 0.15) is 5.78 Å². The summed E-state index contributed by atoms with van der Waals surface area (Å²) < 4.78 is 0. The van der Waals surface area contributed by atoms with Gasteiger partial charge in [-0.25, -0.2) is 0 Å². The fraction of sp³-hybridized carbons (Fsp3) is 0.583. The predicted molar refractivity (Wildman–Crippen MR) is 59.7 cm³/mol. The van der Waals surface area contributed by atoms with Gasteiger partial charge in [0, 0.05) is 12.6 Å². The zero-order chi connectivity index (χ0) is 11.4. The van der Waals surface area contributed by atoms with E-state index < -0.39 is 0 Å². The minimum absolute atomic E-state index is 0.244. The van der Waals surface area contributed by atoms with Crippen LogP contribution in [0.5, 0.6) is 0 Å². The SMILES string of the molecule is Cc1cnc(C)c(CC(=O)CC(C)C)n1. The van der Waals surface area contributed by atoms with Crippen LogP contribution in [0.4, 0.5) is 0 Å². The van der Waals surface area contributed by atoms with Crippen LogP contribution in [0.2, 0.25) is 0 Å². The molecule has 0 aliphatic heterocycles. The molecule has 1 heterocycles. The molecular formula is C12H18N2O. The van der Waals surface area contributed by atoms with Crippen LogP contribution in [0.3, 0.4) is 0 Å². The van der Waals surface area contributed by atoms with E-state index in [4.69, 9.17) is 0 Å². The fourth-order valence-corrected chi connectivity index (χ4v) is 1.47. The summed E-state index contributed by atoms with van der Waals surface area (Å²) in [5.41, 5.74) is 2.55. The van der Waals surface area contributed by atoms with Crippen molar-refractivity contribution in [3.63, 3.8) is 0 Å². The van der Waals surface area contributed by atoms with E-state index in [1.165, 1.54) is 0 Å². The van der Waals surface area contributed by atoms with Crippen molar-refractivity contribution < 1.29 is 4.79 Å². The number of hydrogen-bond acceptors (Lipinski definition) is 3. The number of aromatic nitrogens is 2. The number of rotatable bonds is 4. The van der Waals surface area contributed by atoms with Crippen LogP contribution in [0.25, 0.3) is 0 Å². The minimum Gasteiger partial charge on any atom is -0.299 e. The first-order valence-corrected chi connectivity index (χ1v) is 5.30. The van der Waals surface area contributed by atoms with Crippen molar-refractivity contribution >= 4 is 5.78 Å². The quantitative estimate of drug-likeness (QED) is 0.758. The molecule has 0 saturated heterocycles. The second-order valence-electron chi connectivity index (χ2n) is 4.36. The van der Waals surface area contributed by atoms with Crippen molar-refractivity contribution in [2.75, 3.05) is 0 Å². The van der Waals surface area contributed by atoms with Crippen molar-refractivity contribution in [2.24, 2.45) is 5.92 Å². The molecule has 0 radical (unpaired) electrons. The molecule has 0 N–H and O–H groups in total. The smallest absolute Gasteiger partial charge is 0.139 e. The van der Waals surface area contributed by atoms with E-state index in [0.29, 0.717) is 18.8 Å². The normalized spacial score (nSPS) is 10.7. The third-order valence-electron chi connectivity index (χ3n) is 2.17. The van der Waals surface area contributed by atoms with E-state index in [1.807, 2.05) is 27.7 Å². The standard InChI is InChI=1S/C12H18N2O/c1-8(2)5-11(15)6-12-10(4)13-7-9(3)14-12/h7-8H,5-6H2,1-4H3. The first kappa shape index (κ1) is 11.8. The molecule has 0 aromatic carbocycles. The Balaban J connectivity index is 2.71. The van der Waals surface area contributed by atoms with Crippen molar-refractivity contribution in [3.05, 3.63) is 23.3 Å². The van der Waals surface area contributed by atoms with Gasteiger partial charge in [-0.1, -0.05) is 13.8 Å². The molecule has 1 aromatic heterocycles. The van der Waals surface area contributed by atoms with Gasteiger partial charge in [-0.05, 0) is 19.8 Å². The largest absolute Gasteiger partial charge is 0.299 e. The van der Waals surface area contributed by atoms with Gasteiger partial charge < -0.3 is 0 Å². The molecule has 3 nitrogen and oxygen atoms in total. The first-order valence-electron chi connectivity index (χ1n) is 5.30. The Bertz CT molecular complexity index is 359. The van der Waals surface area contributed by atoms with Crippen LogP contribution in [0.1, 0.15) is 37.4 Å². The van der Waals surface area contributed by atoms with Crippen LogP contribution >= 0.6 is 0 Å². The molecule has 3 heteroatoms. The van der Waals surface area contributed by atoms with Crippen molar-refractivity contribution in [3.8, 4) is 0 Å². The van der Waals surface area contributed by atoms with Crippen LogP contribution in [-0.2, 0) is 11.2 Å². The van der Waals surface area contributed by atoms with E-state index in [1.54, 1.807) is 6.20 Å². The zero-order valence-electron chi connectivity index (χ0n) is 9.87. The molecule has 0 saturated carbocycles. The molecule has 0 fully saturated rings. The lowest BCUT2D eigenvalue weighted by atomic mass is 10.0.